The summed E-state index contributed by atoms with van der Waals surface area (Å²) in [6.07, 6.45) is 6.61. The molecular formula is C22H24INO3. The van der Waals surface area contributed by atoms with Crippen molar-refractivity contribution in [2.24, 2.45) is 23.7 Å². The summed E-state index contributed by atoms with van der Waals surface area (Å²) in [6.45, 7) is 0.325. The van der Waals surface area contributed by atoms with Gasteiger partial charge in [-0.3, -0.25) is 4.79 Å². The molecule has 4 nitrogen and oxygen atoms in total. The van der Waals surface area contributed by atoms with Crippen LogP contribution in [0.1, 0.15) is 48.4 Å². The molecule has 5 heteroatoms. The Morgan fingerprint density at radius 2 is 1.67 bits per heavy atom. The second-order valence-corrected chi connectivity index (χ2v) is 9.68. The average molecular weight is 477 g/mol. The zero-order chi connectivity index (χ0) is 18.4. The molecule has 1 aromatic carbocycles. The van der Waals surface area contributed by atoms with Crippen LogP contribution in [0.3, 0.4) is 0 Å². The lowest BCUT2D eigenvalue weighted by atomic mass is 9.54. The molecular weight excluding hydrogens is 453 g/mol. The maximum atomic E-state index is 12.7. The molecule has 6 rings (SSSR count). The molecule has 0 radical (unpaired) electrons. The smallest absolute Gasteiger partial charge is 0.287 e. The molecule has 0 atom stereocenters. The van der Waals surface area contributed by atoms with Crippen LogP contribution in [-0.2, 0) is 6.61 Å². The van der Waals surface area contributed by atoms with Gasteiger partial charge in [0.2, 0.25) is 0 Å². The number of rotatable bonds is 5. The second kappa shape index (κ2) is 7.15. The summed E-state index contributed by atoms with van der Waals surface area (Å²) in [4.78, 5) is 12.7. The maximum absolute atomic E-state index is 12.7. The van der Waals surface area contributed by atoms with Crippen molar-refractivity contribution < 1.29 is 13.9 Å². The van der Waals surface area contributed by atoms with Crippen molar-refractivity contribution in [3.05, 3.63) is 51.5 Å². The van der Waals surface area contributed by atoms with Crippen LogP contribution in [-0.4, -0.2) is 11.9 Å². The van der Waals surface area contributed by atoms with Crippen molar-refractivity contribution in [1.82, 2.24) is 5.32 Å². The number of halogens is 1. The Labute approximate surface area is 173 Å². The van der Waals surface area contributed by atoms with Gasteiger partial charge in [-0.25, -0.2) is 0 Å². The van der Waals surface area contributed by atoms with E-state index in [1.165, 1.54) is 35.7 Å². The number of ether oxygens (including phenoxy) is 1. The highest BCUT2D eigenvalue weighted by molar-refractivity contribution is 14.1. The van der Waals surface area contributed by atoms with E-state index in [0.717, 1.165) is 17.6 Å². The average Bonchev–Trinajstić information content (AvgIpc) is 3.13. The molecule has 0 unspecified atom stereocenters. The Morgan fingerprint density at radius 3 is 2.33 bits per heavy atom. The normalized spacial score (nSPS) is 31.1. The SMILES string of the molecule is O=C(NC1C2CC3CC(C2)CC1C3)c1ccc(COc2ccc(I)cc2)o1. The van der Waals surface area contributed by atoms with E-state index in [1.807, 2.05) is 30.3 Å². The highest BCUT2D eigenvalue weighted by atomic mass is 127. The summed E-state index contributed by atoms with van der Waals surface area (Å²) >= 11 is 2.26. The van der Waals surface area contributed by atoms with Crippen LogP contribution in [0.4, 0.5) is 0 Å². The van der Waals surface area contributed by atoms with Gasteiger partial charge in [0.1, 0.15) is 18.1 Å². The lowest BCUT2D eigenvalue weighted by Crippen LogP contribution is -2.55. The van der Waals surface area contributed by atoms with Gasteiger partial charge in [-0.15, -0.1) is 0 Å². The van der Waals surface area contributed by atoms with Gasteiger partial charge in [-0.2, -0.15) is 0 Å². The van der Waals surface area contributed by atoms with Crippen molar-refractivity contribution >= 4 is 28.5 Å². The molecule has 2 aromatic rings. The number of hydrogen-bond donors (Lipinski definition) is 1. The van der Waals surface area contributed by atoms with Gasteiger partial charge in [0.05, 0.1) is 0 Å². The fourth-order valence-electron chi connectivity index (χ4n) is 5.65. The lowest BCUT2D eigenvalue weighted by molar-refractivity contribution is -0.0123. The first-order valence-electron chi connectivity index (χ1n) is 9.92. The third-order valence-corrected chi connectivity index (χ3v) is 7.32. The van der Waals surface area contributed by atoms with Gasteiger partial charge in [0.25, 0.3) is 5.91 Å². The number of carbonyl (C=O) groups is 1. The van der Waals surface area contributed by atoms with Gasteiger partial charge in [-0.1, -0.05) is 0 Å². The molecule has 1 N–H and O–H groups in total. The predicted molar refractivity (Wildman–Crippen MR) is 110 cm³/mol. The summed E-state index contributed by atoms with van der Waals surface area (Å²) in [7, 11) is 0. The van der Waals surface area contributed by atoms with Crippen LogP contribution in [0.15, 0.2) is 40.8 Å². The molecule has 0 aliphatic heterocycles. The molecule has 0 spiro atoms. The monoisotopic (exact) mass is 477 g/mol. The second-order valence-electron chi connectivity index (χ2n) is 8.44. The lowest BCUT2D eigenvalue weighted by Gasteiger charge is -2.54. The minimum absolute atomic E-state index is 0.0759. The van der Waals surface area contributed by atoms with Crippen molar-refractivity contribution in [2.75, 3.05) is 0 Å². The third kappa shape index (κ3) is 3.62. The van der Waals surface area contributed by atoms with E-state index in [1.54, 1.807) is 6.07 Å². The van der Waals surface area contributed by atoms with E-state index in [9.17, 15) is 4.79 Å². The molecule has 4 saturated carbocycles. The van der Waals surface area contributed by atoms with Crippen LogP contribution in [0.25, 0.3) is 0 Å². The van der Waals surface area contributed by atoms with Gasteiger partial charge in [0, 0.05) is 9.61 Å². The number of hydrogen-bond acceptors (Lipinski definition) is 3. The highest BCUT2D eigenvalue weighted by Gasteiger charge is 2.48. The number of nitrogens with one attached hydrogen (secondary N) is 1. The van der Waals surface area contributed by atoms with Crippen molar-refractivity contribution in [2.45, 2.75) is 44.8 Å². The number of benzene rings is 1. The van der Waals surface area contributed by atoms with Crippen molar-refractivity contribution in [1.29, 1.82) is 0 Å². The topological polar surface area (TPSA) is 51.5 Å². The predicted octanol–water partition coefficient (Wildman–Crippen LogP) is 5.02. The van der Waals surface area contributed by atoms with Gasteiger partial charge >= 0.3 is 0 Å². The maximum Gasteiger partial charge on any atom is 0.287 e. The Hall–Kier alpha value is -1.50. The molecule has 27 heavy (non-hydrogen) atoms. The van der Waals surface area contributed by atoms with Crippen LogP contribution in [0.2, 0.25) is 0 Å². The van der Waals surface area contributed by atoms with Crippen LogP contribution in [0, 0.1) is 27.2 Å². The zero-order valence-electron chi connectivity index (χ0n) is 15.2. The number of amides is 1. The van der Waals surface area contributed by atoms with E-state index in [-0.39, 0.29) is 5.91 Å². The standard InChI is InChI=1S/C22H24INO3/c23-17-1-3-18(4-2-17)26-12-19-5-6-20(27-19)22(25)24-21-15-8-13-7-14(10-15)11-16(21)9-13/h1-6,13-16,21H,7-12H2,(H,24,25). The first-order chi connectivity index (χ1) is 13.1. The van der Waals surface area contributed by atoms with E-state index in [0.29, 0.717) is 36.0 Å². The summed E-state index contributed by atoms with van der Waals surface area (Å²) < 4.78 is 12.7. The molecule has 4 aliphatic carbocycles. The van der Waals surface area contributed by atoms with Crippen LogP contribution >= 0.6 is 22.6 Å². The Bertz CT molecular complexity index is 800. The minimum Gasteiger partial charge on any atom is -0.486 e. The van der Waals surface area contributed by atoms with E-state index >= 15 is 0 Å². The summed E-state index contributed by atoms with van der Waals surface area (Å²) in [6, 6.07) is 11.8. The Kier molecular flexibility index (Phi) is 4.66. The summed E-state index contributed by atoms with van der Waals surface area (Å²) in [5.74, 6) is 4.95. The van der Waals surface area contributed by atoms with Crippen LogP contribution < -0.4 is 10.1 Å². The molecule has 1 aromatic heterocycles. The number of carbonyl (C=O) groups excluding carboxylic acids is 1. The Morgan fingerprint density at radius 1 is 1.00 bits per heavy atom. The molecule has 142 valence electrons. The number of furan rings is 1. The third-order valence-electron chi connectivity index (χ3n) is 6.60. The zero-order valence-corrected chi connectivity index (χ0v) is 17.4. The molecule has 0 saturated heterocycles. The first kappa shape index (κ1) is 17.6. The largest absolute Gasteiger partial charge is 0.486 e. The molecule has 4 bridgehead atoms. The van der Waals surface area contributed by atoms with Gasteiger partial charge in [0.15, 0.2) is 5.76 Å². The fourth-order valence-corrected chi connectivity index (χ4v) is 6.01. The molecule has 4 fully saturated rings. The summed E-state index contributed by atoms with van der Waals surface area (Å²) in [5.41, 5.74) is 0. The fraction of sp³-hybridized carbons (Fsp3) is 0.500. The molecule has 1 amide bonds. The van der Waals surface area contributed by atoms with Crippen molar-refractivity contribution in [3.63, 3.8) is 0 Å². The minimum atomic E-state index is -0.0759. The molecule has 4 aliphatic rings. The highest BCUT2D eigenvalue weighted by Crippen LogP contribution is 2.53. The van der Waals surface area contributed by atoms with E-state index in [2.05, 4.69) is 27.9 Å². The molecule has 1 heterocycles. The van der Waals surface area contributed by atoms with Crippen molar-refractivity contribution in [3.8, 4) is 5.75 Å². The quantitative estimate of drug-likeness (QED) is 0.616. The van der Waals surface area contributed by atoms with E-state index in [4.69, 9.17) is 9.15 Å². The van der Waals surface area contributed by atoms with E-state index < -0.39 is 0 Å². The van der Waals surface area contributed by atoms with Gasteiger partial charge < -0.3 is 14.5 Å². The Balaban J connectivity index is 1.19. The first-order valence-corrected chi connectivity index (χ1v) is 11.0. The summed E-state index contributed by atoms with van der Waals surface area (Å²) in [5, 5.41) is 3.30. The van der Waals surface area contributed by atoms with Crippen LogP contribution in [0.5, 0.6) is 5.75 Å². The van der Waals surface area contributed by atoms with Gasteiger partial charge in [-0.05, 0) is 115 Å².